The Kier molecular flexibility index (Phi) is 9.02. The van der Waals surface area contributed by atoms with E-state index in [1.54, 1.807) is 0 Å². The van der Waals surface area contributed by atoms with Gasteiger partial charge in [0.2, 0.25) is 0 Å². The normalized spacial score (nSPS) is 13.2. The topological polar surface area (TPSA) is 73.5 Å². The monoisotopic (exact) mass is 618 g/mol. The fourth-order valence-electron chi connectivity index (χ4n) is 6.02. The number of aryl methyl sites for hydroxylation is 2. The largest absolute Gasteiger partial charge is 0.362 e. The van der Waals surface area contributed by atoms with Crippen LogP contribution < -0.4 is 20.9 Å². The van der Waals surface area contributed by atoms with E-state index in [1.807, 2.05) is 86.6 Å². The zero-order chi connectivity index (χ0) is 32.9. The van der Waals surface area contributed by atoms with Crippen LogP contribution in [0.2, 0.25) is 0 Å². The molecule has 0 saturated carbocycles. The van der Waals surface area contributed by atoms with Gasteiger partial charge in [-0.15, -0.1) is 0 Å². The van der Waals surface area contributed by atoms with E-state index in [4.69, 9.17) is 0 Å². The van der Waals surface area contributed by atoms with E-state index in [9.17, 15) is 9.59 Å². The molecule has 1 heterocycles. The molecule has 6 nitrogen and oxygen atoms in total. The van der Waals surface area contributed by atoms with Gasteiger partial charge in [0.1, 0.15) is 0 Å². The van der Waals surface area contributed by atoms with Gasteiger partial charge < -0.3 is 20.9 Å². The summed E-state index contributed by atoms with van der Waals surface area (Å²) in [7, 11) is 0. The second-order valence-corrected chi connectivity index (χ2v) is 11.9. The highest BCUT2D eigenvalue weighted by Crippen LogP contribution is 2.41. The molecule has 0 unspecified atom stereocenters. The van der Waals surface area contributed by atoms with Crippen molar-refractivity contribution in [3.63, 3.8) is 0 Å². The highest BCUT2D eigenvalue weighted by molar-refractivity contribution is 6.12. The molecule has 1 aliphatic heterocycles. The third-order valence-electron chi connectivity index (χ3n) is 8.38. The number of allylic oxidation sites excluding steroid dienone is 2. The van der Waals surface area contributed by atoms with E-state index in [1.165, 1.54) is 11.1 Å². The molecule has 0 atom stereocenters. The SMILES string of the molecule is CC1=C(C(=O)Nc2ccccc2)C(c2ccc(N(c3ccc(C)cc3)c3ccc(C)cc3)cc2)C(C(=O)Nc2ccccc2)=C(C)N1. The number of hydrogen-bond donors (Lipinski definition) is 3. The number of anilines is 5. The van der Waals surface area contributed by atoms with Gasteiger partial charge in [-0.25, -0.2) is 0 Å². The Balaban J connectivity index is 1.43. The van der Waals surface area contributed by atoms with Gasteiger partial charge in [-0.2, -0.15) is 0 Å². The maximum Gasteiger partial charge on any atom is 0.254 e. The lowest BCUT2D eigenvalue weighted by Crippen LogP contribution is -2.35. The van der Waals surface area contributed by atoms with Crippen LogP contribution in [0.25, 0.3) is 0 Å². The lowest BCUT2D eigenvalue weighted by Gasteiger charge is -2.32. The van der Waals surface area contributed by atoms with Gasteiger partial charge in [0.25, 0.3) is 11.8 Å². The van der Waals surface area contributed by atoms with Gasteiger partial charge in [-0.3, -0.25) is 9.59 Å². The van der Waals surface area contributed by atoms with Crippen LogP contribution in [-0.2, 0) is 9.59 Å². The average molecular weight is 619 g/mol. The summed E-state index contributed by atoms with van der Waals surface area (Å²) < 4.78 is 0. The summed E-state index contributed by atoms with van der Waals surface area (Å²) in [6.07, 6.45) is 0. The first-order chi connectivity index (χ1) is 22.8. The summed E-state index contributed by atoms with van der Waals surface area (Å²) >= 11 is 0. The number of dihydropyridines is 1. The first-order valence-corrected chi connectivity index (χ1v) is 15.7. The van der Waals surface area contributed by atoms with Crippen molar-refractivity contribution in [2.75, 3.05) is 15.5 Å². The van der Waals surface area contributed by atoms with Crippen molar-refractivity contribution < 1.29 is 9.59 Å². The van der Waals surface area contributed by atoms with Gasteiger partial charge in [0.15, 0.2) is 0 Å². The van der Waals surface area contributed by atoms with E-state index >= 15 is 0 Å². The lowest BCUT2D eigenvalue weighted by atomic mass is 9.79. The zero-order valence-corrected chi connectivity index (χ0v) is 27.0. The molecule has 1 aliphatic rings. The van der Waals surface area contributed by atoms with E-state index in [2.05, 4.69) is 95.4 Å². The Morgan fingerprint density at radius 2 is 0.872 bits per heavy atom. The minimum absolute atomic E-state index is 0.270. The Bertz CT molecular complexity index is 1820. The molecule has 2 amide bonds. The Morgan fingerprint density at radius 1 is 0.511 bits per heavy atom. The minimum atomic E-state index is -0.620. The van der Waals surface area contributed by atoms with Crippen LogP contribution in [0.15, 0.2) is 156 Å². The zero-order valence-electron chi connectivity index (χ0n) is 27.0. The van der Waals surface area contributed by atoms with Crippen molar-refractivity contribution in [2.45, 2.75) is 33.6 Å². The molecule has 0 spiro atoms. The first kappa shape index (κ1) is 31.1. The molecule has 6 heteroatoms. The lowest BCUT2D eigenvalue weighted by molar-refractivity contribution is -0.113. The molecule has 3 N–H and O–H groups in total. The number of amides is 2. The molecular formula is C41H38N4O2. The fourth-order valence-corrected chi connectivity index (χ4v) is 6.02. The van der Waals surface area contributed by atoms with Crippen LogP contribution in [0.4, 0.5) is 28.4 Å². The Morgan fingerprint density at radius 3 is 1.26 bits per heavy atom. The Labute approximate surface area is 276 Å². The summed E-state index contributed by atoms with van der Waals surface area (Å²) in [5.74, 6) is -1.16. The summed E-state index contributed by atoms with van der Waals surface area (Å²) in [4.78, 5) is 30.3. The van der Waals surface area contributed by atoms with E-state index in [0.29, 0.717) is 33.9 Å². The first-order valence-electron chi connectivity index (χ1n) is 15.7. The minimum Gasteiger partial charge on any atom is -0.362 e. The molecule has 6 rings (SSSR count). The maximum absolute atomic E-state index is 14.0. The molecule has 0 radical (unpaired) electrons. The summed E-state index contributed by atoms with van der Waals surface area (Å²) in [5.41, 5.74) is 9.96. The van der Waals surface area contributed by atoms with Gasteiger partial charge in [-0.05, 0) is 93.9 Å². The molecule has 5 aromatic rings. The van der Waals surface area contributed by atoms with Crippen molar-refractivity contribution >= 4 is 40.3 Å². The van der Waals surface area contributed by atoms with Gasteiger partial charge in [0.05, 0.1) is 0 Å². The number of hydrogen-bond acceptors (Lipinski definition) is 4. The van der Waals surface area contributed by atoms with Crippen LogP contribution in [0.3, 0.4) is 0 Å². The molecule has 0 fully saturated rings. The van der Waals surface area contributed by atoms with Crippen LogP contribution >= 0.6 is 0 Å². The van der Waals surface area contributed by atoms with Crippen LogP contribution in [-0.4, -0.2) is 11.8 Å². The van der Waals surface area contributed by atoms with Gasteiger partial charge in [0, 0.05) is 56.9 Å². The number of carbonyl (C=O) groups is 2. The van der Waals surface area contributed by atoms with Crippen molar-refractivity contribution in [1.29, 1.82) is 0 Å². The van der Waals surface area contributed by atoms with Crippen molar-refractivity contribution in [3.05, 3.63) is 173 Å². The van der Waals surface area contributed by atoms with Crippen molar-refractivity contribution in [2.24, 2.45) is 0 Å². The van der Waals surface area contributed by atoms with Crippen LogP contribution in [0.1, 0.15) is 36.5 Å². The molecule has 0 saturated heterocycles. The second kappa shape index (κ2) is 13.6. The fraction of sp³-hybridized carbons (Fsp3) is 0.122. The van der Waals surface area contributed by atoms with Gasteiger partial charge in [-0.1, -0.05) is 83.9 Å². The summed E-state index contributed by atoms with van der Waals surface area (Å²) in [5, 5.41) is 9.42. The number of nitrogens with zero attached hydrogens (tertiary/aromatic N) is 1. The number of rotatable bonds is 8. The third-order valence-corrected chi connectivity index (χ3v) is 8.38. The quantitative estimate of drug-likeness (QED) is 0.162. The predicted octanol–water partition coefficient (Wildman–Crippen LogP) is 9.29. The molecule has 0 aliphatic carbocycles. The Hall–Kier alpha value is -5.88. The number of carbonyl (C=O) groups excluding carboxylic acids is 2. The molecule has 234 valence electrons. The highest BCUT2D eigenvalue weighted by Gasteiger charge is 2.36. The van der Waals surface area contributed by atoms with Crippen molar-refractivity contribution in [1.82, 2.24) is 5.32 Å². The van der Waals surface area contributed by atoms with E-state index in [0.717, 1.165) is 22.6 Å². The molecule has 0 aromatic heterocycles. The van der Waals surface area contributed by atoms with Crippen LogP contribution in [0, 0.1) is 13.8 Å². The van der Waals surface area contributed by atoms with Gasteiger partial charge >= 0.3 is 0 Å². The molecule has 5 aromatic carbocycles. The van der Waals surface area contributed by atoms with E-state index < -0.39 is 5.92 Å². The molecule has 47 heavy (non-hydrogen) atoms. The van der Waals surface area contributed by atoms with E-state index in [-0.39, 0.29) is 11.8 Å². The summed E-state index contributed by atoms with van der Waals surface area (Å²) in [6, 6.07) is 43.8. The highest BCUT2D eigenvalue weighted by atomic mass is 16.2. The maximum atomic E-state index is 14.0. The third kappa shape index (κ3) is 6.87. The predicted molar refractivity (Wildman–Crippen MR) is 192 cm³/mol. The summed E-state index contributed by atoms with van der Waals surface area (Å²) in [6.45, 7) is 7.92. The molecular weight excluding hydrogens is 580 g/mol. The number of nitrogens with one attached hydrogen (secondary N) is 3. The second-order valence-electron chi connectivity index (χ2n) is 11.9. The van der Waals surface area contributed by atoms with Crippen molar-refractivity contribution in [3.8, 4) is 0 Å². The number of para-hydroxylation sites is 2. The molecule has 0 bridgehead atoms. The number of benzene rings is 5. The smallest absolute Gasteiger partial charge is 0.254 e. The standard InChI is InChI=1S/C41H38N4O2/c1-27-15-21-34(22-16-27)45(35-23-17-28(2)18-24-35)36-25-19-31(20-26-36)39-37(40(46)43-32-11-7-5-8-12-32)29(3)42-30(4)38(39)41(47)44-33-13-9-6-10-14-33/h5-26,39,42H,1-4H3,(H,43,46)(H,44,47). The average Bonchev–Trinajstić information content (AvgIpc) is 3.07. The van der Waals surface area contributed by atoms with Crippen LogP contribution in [0.5, 0.6) is 0 Å².